The van der Waals surface area contributed by atoms with Crippen molar-refractivity contribution < 1.29 is 13.9 Å². The molecule has 0 amide bonds. The van der Waals surface area contributed by atoms with Gasteiger partial charge in [0.2, 0.25) is 0 Å². The number of benzene rings is 2. The highest BCUT2D eigenvalue weighted by atomic mass is 35.5. The van der Waals surface area contributed by atoms with Crippen LogP contribution in [0.3, 0.4) is 0 Å². The highest BCUT2D eigenvalue weighted by molar-refractivity contribution is 7.07. The van der Waals surface area contributed by atoms with Crippen molar-refractivity contribution in [3.05, 3.63) is 101 Å². The summed E-state index contributed by atoms with van der Waals surface area (Å²) in [5.74, 6) is -1.15. The molecule has 2 aromatic carbocycles. The lowest BCUT2D eigenvalue weighted by Gasteiger charge is -2.24. The molecule has 8 heteroatoms. The minimum atomic E-state index is -0.982. The largest absolute Gasteiger partial charge is 0.463 e. The predicted octanol–water partition coefficient (Wildman–Crippen LogP) is 3.59. The summed E-state index contributed by atoms with van der Waals surface area (Å²) in [5.41, 5.74) is 1.02. The van der Waals surface area contributed by atoms with Crippen molar-refractivity contribution in [2.45, 2.75) is 19.9 Å². The summed E-state index contributed by atoms with van der Waals surface area (Å²) in [5, 5.41) is 0.502. The van der Waals surface area contributed by atoms with E-state index in [0.29, 0.717) is 25.6 Å². The Balaban J connectivity index is 2.00. The van der Waals surface area contributed by atoms with Crippen LogP contribution in [0.1, 0.15) is 31.0 Å². The number of esters is 1. The number of aromatic nitrogens is 1. The molecule has 0 bridgehead atoms. The maximum absolute atomic E-state index is 14.8. The van der Waals surface area contributed by atoms with Crippen LogP contribution in [-0.2, 0) is 9.53 Å². The summed E-state index contributed by atoms with van der Waals surface area (Å²) >= 11 is 7.40. The molecule has 1 aliphatic heterocycles. The normalized spacial score (nSPS) is 16.1. The SMILES string of the molecule is CCOC(=O)C1=C(C)N=c2s/c(=C/c3ccccc3Cl)c(=O)n2[C@@H]1c1ccccc1F. The van der Waals surface area contributed by atoms with Crippen LogP contribution in [-0.4, -0.2) is 17.1 Å². The van der Waals surface area contributed by atoms with Gasteiger partial charge < -0.3 is 4.74 Å². The summed E-state index contributed by atoms with van der Waals surface area (Å²) in [6.45, 7) is 3.49. The van der Waals surface area contributed by atoms with Gasteiger partial charge in [-0.1, -0.05) is 59.3 Å². The number of fused-ring (bicyclic) bond motifs is 1. The molecule has 4 rings (SSSR count). The van der Waals surface area contributed by atoms with E-state index in [1.165, 1.54) is 10.6 Å². The summed E-state index contributed by atoms with van der Waals surface area (Å²) in [4.78, 5) is 31.0. The lowest BCUT2D eigenvalue weighted by molar-refractivity contribution is -0.139. The van der Waals surface area contributed by atoms with Gasteiger partial charge in [0.05, 0.1) is 22.4 Å². The number of carbonyl (C=O) groups excluding carboxylic acids is 1. The zero-order valence-electron chi connectivity index (χ0n) is 16.8. The topological polar surface area (TPSA) is 60.7 Å². The number of nitrogens with zero attached hydrogens (tertiary/aromatic N) is 2. The van der Waals surface area contributed by atoms with Crippen molar-refractivity contribution in [1.29, 1.82) is 0 Å². The quantitative estimate of drug-likeness (QED) is 0.564. The molecule has 0 saturated carbocycles. The number of rotatable bonds is 4. The smallest absolute Gasteiger partial charge is 0.338 e. The van der Waals surface area contributed by atoms with Gasteiger partial charge in [-0.2, -0.15) is 0 Å². The molecular formula is C23H18ClFN2O3S. The van der Waals surface area contributed by atoms with Crippen molar-refractivity contribution in [3.63, 3.8) is 0 Å². The first-order chi connectivity index (χ1) is 14.9. The van der Waals surface area contributed by atoms with Gasteiger partial charge in [0.25, 0.3) is 5.56 Å². The predicted molar refractivity (Wildman–Crippen MR) is 118 cm³/mol. The highest BCUT2D eigenvalue weighted by Gasteiger charge is 2.34. The molecule has 0 aliphatic carbocycles. The molecule has 158 valence electrons. The minimum Gasteiger partial charge on any atom is -0.463 e. The maximum atomic E-state index is 14.8. The fraction of sp³-hybridized carbons (Fsp3) is 0.174. The molecule has 5 nitrogen and oxygen atoms in total. The molecule has 31 heavy (non-hydrogen) atoms. The van der Waals surface area contributed by atoms with Gasteiger partial charge in [-0.25, -0.2) is 14.2 Å². The first-order valence-electron chi connectivity index (χ1n) is 9.61. The standard InChI is InChI=1S/C23H18ClFN2O3S/c1-3-30-22(29)19-13(2)26-23-27(20(19)15-9-5-7-11-17(15)25)21(28)18(31-23)12-14-8-4-6-10-16(14)24/h4-12,20H,3H2,1-2H3/b18-12+/t20-/m1/s1. The number of thiazole rings is 1. The fourth-order valence-corrected chi connectivity index (χ4v) is 4.74. The van der Waals surface area contributed by atoms with Gasteiger partial charge in [-0.05, 0) is 37.6 Å². The van der Waals surface area contributed by atoms with Crippen molar-refractivity contribution in [3.8, 4) is 0 Å². The van der Waals surface area contributed by atoms with E-state index in [1.54, 1.807) is 56.3 Å². The second kappa shape index (κ2) is 8.61. The lowest BCUT2D eigenvalue weighted by Crippen LogP contribution is -2.40. The molecule has 0 N–H and O–H groups in total. The third-order valence-electron chi connectivity index (χ3n) is 4.91. The molecule has 1 aromatic heterocycles. The Bertz CT molecular complexity index is 1390. The van der Waals surface area contributed by atoms with E-state index >= 15 is 0 Å². The molecule has 1 aliphatic rings. The van der Waals surface area contributed by atoms with Crippen LogP contribution in [0.4, 0.5) is 4.39 Å². The van der Waals surface area contributed by atoms with Crippen LogP contribution < -0.4 is 14.9 Å². The number of halogens is 2. The van der Waals surface area contributed by atoms with Gasteiger partial charge in [-0.15, -0.1) is 0 Å². The first kappa shape index (κ1) is 21.2. The van der Waals surface area contributed by atoms with E-state index < -0.39 is 17.8 Å². The molecule has 1 atom stereocenters. The van der Waals surface area contributed by atoms with E-state index in [-0.39, 0.29) is 23.3 Å². The van der Waals surface area contributed by atoms with E-state index in [9.17, 15) is 14.0 Å². The number of carbonyl (C=O) groups is 1. The van der Waals surface area contributed by atoms with Gasteiger partial charge in [0.15, 0.2) is 4.80 Å². The Kier molecular flexibility index (Phi) is 5.89. The zero-order valence-corrected chi connectivity index (χ0v) is 18.3. The third-order valence-corrected chi connectivity index (χ3v) is 6.24. The van der Waals surface area contributed by atoms with E-state index in [1.807, 2.05) is 6.07 Å². The molecule has 0 radical (unpaired) electrons. The van der Waals surface area contributed by atoms with Crippen LogP contribution in [0, 0.1) is 5.82 Å². The van der Waals surface area contributed by atoms with Crippen molar-refractivity contribution in [2.24, 2.45) is 4.99 Å². The Morgan fingerprint density at radius 1 is 1.26 bits per heavy atom. The van der Waals surface area contributed by atoms with E-state index in [0.717, 1.165) is 11.3 Å². The average molecular weight is 457 g/mol. The third kappa shape index (κ3) is 3.86. The van der Waals surface area contributed by atoms with Crippen LogP contribution in [0.2, 0.25) is 5.02 Å². The van der Waals surface area contributed by atoms with Crippen LogP contribution in [0.15, 0.2) is 69.6 Å². The highest BCUT2D eigenvalue weighted by Crippen LogP contribution is 2.32. The van der Waals surface area contributed by atoms with Gasteiger partial charge in [0, 0.05) is 10.6 Å². The molecule has 0 spiro atoms. The second-order valence-electron chi connectivity index (χ2n) is 6.85. The summed E-state index contributed by atoms with van der Waals surface area (Å²) < 4.78 is 21.7. The first-order valence-corrected chi connectivity index (χ1v) is 10.8. The zero-order chi connectivity index (χ0) is 22.1. The van der Waals surface area contributed by atoms with Crippen LogP contribution in [0.5, 0.6) is 0 Å². The summed E-state index contributed by atoms with van der Waals surface area (Å²) in [6, 6.07) is 12.2. The fourth-order valence-electron chi connectivity index (χ4n) is 3.52. The van der Waals surface area contributed by atoms with Gasteiger partial charge >= 0.3 is 5.97 Å². The molecule has 0 unspecified atom stereocenters. The number of hydrogen-bond acceptors (Lipinski definition) is 5. The Morgan fingerprint density at radius 3 is 2.68 bits per heavy atom. The van der Waals surface area contributed by atoms with E-state index in [4.69, 9.17) is 16.3 Å². The van der Waals surface area contributed by atoms with Crippen LogP contribution >= 0.6 is 22.9 Å². The van der Waals surface area contributed by atoms with Crippen molar-refractivity contribution >= 4 is 35.0 Å². The number of ether oxygens (including phenoxy) is 1. The number of hydrogen-bond donors (Lipinski definition) is 0. The van der Waals surface area contributed by atoms with Gasteiger partial charge in [0.1, 0.15) is 11.9 Å². The minimum absolute atomic E-state index is 0.142. The molecule has 0 saturated heterocycles. The monoisotopic (exact) mass is 456 g/mol. The molecule has 0 fully saturated rings. The van der Waals surface area contributed by atoms with Crippen molar-refractivity contribution in [2.75, 3.05) is 6.61 Å². The Hall–Kier alpha value is -3.03. The Labute approximate surface area is 186 Å². The van der Waals surface area contributed by atoms with E-state index in [2.05, 4.69) is 4.99 Å². The molecule has 3 aromatic rings. The average Bonchev–Trinajstić information content (AvgIpc) is 3.04. The maximum Gasteiger partial charge on any atom is 0.338 e. The summed E-state index contributed by atoms with van der Waals surface area (Å²) in [7, 11) is 0. The second-order valence-corrected chi connectivity index (χ2v) is 8.26. The van der Waals surface area contributed by atoms with Crippen LogP contribution in [0.25, 0.3) is 6.08 Å². The van der Waals surface area contributed by atoms with Gasteiger partial charge in [-0.3, -0.25) is 9.36 Å². The van der Waals surface area contributed by atoms with Crippen molar-refractivity contribution in [1.82, 2.24) is 4.57 Å². The Morgan fingerprint density at radius 2 is 1.97 bits per heavy atom. The lowest BCUT2D eigenvalue weighted by atomic mass is 9.95. The number of allylic oxidation sites excluding steroid dienone is 1. The summed E-state index contributed by atoms with van der Waals surface area (Å²) in [6.07, 6.45) is 1.67. The molecule has 2 heterocycles. The molecular weight excluding hydrogens is 439 g/mol.